The lowest BCUT2D eigenvalue weighted by Gasteiger charge is -2.15. The van der Waals surface area contributed by atoms with Gasteiger partial charge in [-0.05, 0) is 23.6 Å². The molecule has 23 heavy (non-hydrogen) atoms. The molecule has 0 fully saturated rings. The molecule has 1 aliphatic carbocycles. The normalized spacial score (nSPS) is 16.3. The maximum Gasteiger partial charge on any atom is 0.292 e. The second kappa shape index (κ2) is 6.92. The molecule has 2 aromatic carbocycles. The predicted molar refractivity (Wildman–Crippen MR) is 92.5 cm³/mol. The van der Waals surface area contributed by atoms with Crippen molar-refractivity contribution < 1.29 is 4.92 Å². The van der Waals surface area contributed by atoms with Crippen molar-refractivity contribution >= 4 is 11.4 Å². The lowest BCUT2D eigenvalue weighted by Crippen LogP contribution is -2.05. The Morgan fingerprint density at radius 2 is 1.96 bits per heavy atom. The number of nitrogens with zero attached hydrogens (tertiary/aromatic N) is 1. The average Bonchev–Trinajstić information content (AvgIpc) is 2.61. The standard InChI is InChI=1S/C19H18N2O2/c22-21(23)19-12-11-17(16-9-5-2-6-10-16)13-18(19)20-14-15-7-3-1-4-8-15/h1-9,11-13,16,20H,10,14H2. The van der Waals surface area contributed by atoms with Crippen molar-refractivity contribution in [3.8, 4) is 0 Å². The van der Waals surface area contributed by atoms with Crippen LogP contribution < -0.4 is 5.32 Å². The van der Waals surface area contributed by atoms with Crippen LogP contribution >= 0.6 is 0 Å². The number of benzene rings is 2. The molecule has 0 amide bonds. The van der Waals surface area contributed by atoms with E-state index in [2.05, 4.69) is 17.5 Å². The summed E-state index contributed by atoms with van der Waals surface area (Å²) in [6.07, 6.45) is 9.21. The van der Waals surface area contributed by atoms with Crippen molar-refractivity contribution in [3.63, 3.8) is 0 Å². The van der Waals surface area contributed by atoms with Crippen molar-refractivity contribution in [2.45, 2.75) is 18.9 Å². The van der Waals surface area contributed by atoms with E-state index in [1.165, 1.54) is 0 Å². The third-order valence-electron chi connectivity index (χ3n) is 3.95. The van der Waals surface area contributed by atoms with Gasteiger partial charge in [0.05, 0.1) is 4.92 Å². The largest absolute Gasteiger partial charge is 0.375 e. The van der Waals surface area contributed by atoms with Crippen molar-refractivity contribution in [2.24, 2.45) is 0 Å². The van der Waals surface area contributed by atoms with E-state index in [4.69, 9.17) is 0 Å². The summed E-state index contributed by atoms with van der Waals surface area (Å²) in [6, 6.07) is 15.2. The predicted octanol–water partition coefficient (Wildman–Crippen LogP) is 4.81. The van der Waals surface area contributed by atoms with Gasteiger partial charge in [0.15, 0.2) is 0 Å². The molecule has 1 unspecified atom stereocenters. The van der Waals surface area contributed by atoms with Gasteiger partial charge in [-0.25, -0.2) is 0 Å². The molecule has 0 heterocycles. The highest BCUT2D eigenvalue weighted by Gasteiger charge is 2.17. The van der Waals surface area contributed by atoms with Gasteiger partial charge in [-0.2, -0.15) is 0 Å². The van der Waals surface area contributed by atoms with Gasteiger partial charge in [0, 0.05) is 18.5 Å². The summed E-state index contributed by atoms with van der Waals surface area (Å²) in [5.74, 6) is 0.276. The van der Waals surface area contributed by atoms with Crippen molar-refractivity contribution in [1.82, 2.24) is 0 Å². The molecule has 0 aliphatic heterocycles. The van der Waals surface area contributed by atoms with Gasteiger partial charge in [-0.15, -0.1) is 0 Å². The third-order valence-corrected chi connectivity index (χ3v) is 3.95. The molecule has 0 saturated heterocycles. The Bertz CT molecular complexity index is 751. The number of anilines is 1. The number of hydrogen-bond acceptors (Lipinski definition) is 3. The minimum Gasteiger partial charge on any atom is -0.375 e. The second-order valence-electron chi connectivity index (χ2n) is 5.53. The first kappa shape index (κ1) is 15.0. The minimum atomic E-state index is -0.340. The summed E-state index contributed by atoms with van der Waals surface area (Å²) in [5.41, 5.74) is 2.86. The minimum absolute atomic E-state index is 0.111. The zero-order chi connectivity index (χ0) is 16.1. The summed E-state index contributed by atoms with van der Waals surface area (Å²) in [6.45, 7) is 0.561. The zero-order valence-corrected chi connectivity index (χ0v) is 12.7. The second-order valence-corrected chi connectivity index (χ2v) is 5.53. The van der Waals surface area contributed by atoms with E-state index in [1.807, 2.05) is 54.6 Å². The van der Waals surface area contributed by atoms with Crippen LogP contribution in [0, 0.1) is 10.1 Å². The first-order valence-corrected chi connectivity index (χ1v) is 7.63. The van der Waals surface area contributed by atoms with E-state index in [1.54, 1.807) is 6.07 Å². The van der Waals surface area contributed by atoms with Crippen LogP contribution in [0.2, 0.25) is 0 Å². The van der Waals surface area contributed by atoms with E-state index in [-0.39, 0.29) is 16.5 Å². The van der Waals surface area contributed by atoms with Gasteiger partial charge in [0.1, 0.15) is 5.69 Å². The third kappa shape index (κ3) is 3.66. The maximum absolute atomic E-state index is 11.3. The Balaban J connectivity index is 1.84. The molecule has 0 aromatic heterocycles. The lowest BCUT2D eigenvalue weighted by molar-refractivity contribution is -0.384. The van der Waals surface area contributed by atoms with Crippen LogP contribution in [0.25, 0.3) is 0 Å². The van der Waals surface area contributed by atoms with E-state index >= 15 is 0 Å². The van der Waals surface area contributed by atoms with Gasteiger partial charge >= 0.3 is 0 Å². The fraction of sp³-hybridized carbons (Fsp3) is 0.158. The first-order valence-electron chi connectivity index (χ1n) is 7.63. The number of nitro groups is 1. The number of rotatable bonds is 5. The Kier molecular flexibility index (Phi) is 4.52. The fourth-order valence-electron chi connectivity index (χ4n) is 2.71. The molecule has 0 saturated carbocycles. The highest BCUT2D eigenvalue weighted by molar-refractivity contribution is 5.63. The van der Waals surface area contributed by atoms with Crippen LogP contribution in [0.4, 0.5) is 11.4 Å². The van der Waals surface area contributed by atoms with Crippen molar-refractivity contribution in [1.29, 1.82) is 0 Å². The maximum atomic E-state index is 11.3. The quantitative estimate of drug-likeness (QED) is 0.637. The summed E-state index contributed by atoms with van der Waals surface area (Å²) < 4.78 is 0. The molecular formula is C19H18N2O2. The molecule has 1 aliphatic rings. The van der Waals surface area contributed by atoms with Gasteiger partial charge in [0.2, 0.25) is 0 Å². The Hall–Kier alpha value is -2.88. The smallest absolute Gasteiger partial charge is 0.292 e. The number of nitrogens with one attached hydrogen (secondary N) is 1. The molecule has 1 N–H and O–H groups in total. The molecule has 1 atom stereocenters. The van der Waals surface area contributed by atoms with E-state index in [9.17, 15) is 10.1 Å². The molecular weight excluding hydrogens is 288 g/mol. The molecule has 4 heteroatoms. The SMILES string of the molecule is O=[N+]([O-])c1ccc(C2C=CC=CC2)cc1NCc1ccccc1. The topological polar surface area (TPSA) is 55.2 Å². The van der Waals surface area contributed by atoms with Crippen molar-refractivity contribution in [3.05, 3.63) is 94.1 Å². The van der Waals surface area contributed by atoms with Crippen molar-refractivity contribution in [2.75, 3.05) is 5.32 Å². The van der Waals surface area contributed by atoms with Gasteiger partial charge < -0.3 is 5.32 Å². The molecule has 4 nitrogen and oxygen atoms in total. The van der Waals surface area contributed by atoms with Crippen LogP contribution in [0.15, 0.2) is 72.8 Å². The van der Waals surface area contributed by atoms with E-state index < -0.39 is 0 Å². The molecule has 0 bridgehead atoms. The Labute approximate surface area is 135 Å². The molecule has 116 valence electrons. The van der Waals surface area contributed by atoms with Crippen LogP contribution in [0.5, 0.6) is 0 Å². The zero-order valence-electron chi connectivity index (χ0n) is 12.7. The molecule has 0 radical (unpaired) electrons. The summed E-state index contributed by atoms with van der Waals surface area (Å²) in [5, 5.41) is 14.5. The monoisotopic (exact) mass is 306 g/mol. The van der Waals surface area contributed by atoms with Gasteiger partial charge in [-0.3, -0.25) is 10.1 Å². The fourth-order valence-corrected chi connectivity index (χ4v) is 2.71. The van der Waals surface area contributed by atoms with Crippen LogP contribution in [0.1, 0.15) is 23.5 Å². The Morgan fingerprint density at radius 3 is 2.65 bits per heavy atom. The van der Waals surface area contributed by atoms with Gasteiger partial charge in [0.25, 0.3) is 5.69 Å². The van der Waals surface area contributed by atoms with Crippen LogP contribution in [-0.2, 0) is 6.54 Å². The molecule has 0 spiro atoms. The molecule has 2 aromatic rings. The summed E-state index contributed by atoms with van der Waals surface area (Å²) in [4.78, 5) is 10.9. The van der Waals surface area contributed by atoms with E-state index in [0.717, 1.165) is 17.5 Å². The summed E-state index contributed by atoms with van der Waals surface area (Å²) in [7, 11) is 0. The first-order chi connectivity index (χ1) is 11.2. The number of hydrogen-bond donors (Lipinski definition) is 1. The van der Waals surface area contributed by atoms with Crippen LogP contribution in [0.3, 0.4) is 0 Å². The Morgan fingerprint density at radius 1 is 1.13 bits per heavy atom. The lowest BCUT2D eigenvalue weighted by atomic mass is 9.92. The highest BCUT2D eigenvalue weighted by atomic mass is 16.6. The average molecular weight is 306 g/mol. The van der Waals surface area contributed by atoms with Crippen LogP contribution in [-0.4, -0.2) is 4.92 Å². The molecule has 3 rings (SSSR count). The summed E-state index contributed by atoms with van der Waals surface area (Å²) >= 11 is 0. The van der Waals surface area contributed by atoms with Gasteiger partial charge in [-0.1, -0.05) is 60.7 Å². The highest BCUT2D eigenvalue weighted by Crippen LogP contribution is 2.32. The number of nitro benzene ring substituents is 1. The van der Waals surface area contributed by atoms with E-state index in [0.29, 0.717) is 12.2 Å². The number of allylic oxidation sites excluding steroid dienone is 4.